The summed E-state index contributed by atoms with van der Waals surface area (Å²) in [6.45, 7) is 2.21. The molecule has 1 aromatic carbocycles. The van der Waals surface area contributed by atoms with Gasteiger partial charge in [0.05, 0.1) is 21.1 Å². The standard InChI is InChI=1S/C20H23N3O2S/c24-18-11-14(12-23(18)15-5-6-15)20(25)22-9-7-13(8-10-22)19-21-16-3-1-2-4-17(16)26-19/h1-4,13-15H,5-12H2. The molecule has 2 amide bonds. The van der Waals surface area contributed by atoms with E-state index in [9.17, 15) is 9.59 Å². The number of benzene rings is 1. The summed E-state index contributed by atoms with van der Waals surface area (Å²) >= 11 is 1.78. The van der Waals surface area contributed by atoms with Crippen LogP contribution in [-0.2, 0) is 9.59 Å². The van der Waals surface area contributed by atoms with Crippen molar-refractivity contribution in [1.82, 2.24) is 14.8 Å². The van der Waals surface area contributed by atoms with Crippen LogP contribution in [0.1, 0.15) is 43.0 Å². The number of amides is 2. The van der Waals surface area contributed by atoms with Crippen LogP contribution in [0.25, 0.3) is 10.2 Å². The molecule has 2 saturated heterocycles. The van der Waals surface area contributed by atoms with Gasteiger partial charge in [-0.15, -0.1) is 11.3 Å². The second kappa shape index (κ2) is 6.34. The van der Waals surface area contributed by atoms with Gasteiger partial charge in [-0.05, 0) is 37.8 Å². The van der Waals surface area contributed by atoms with Gasteiger partial charge in [-0.2, -0.15) is 0 Å². The summed E-state index contributed by atoms with van der Waals surface area (Å²) in [5.41, 5.74) is 1.08. The summed E-state index contributed by atoms with van der Waals surface area (Å²) in [5.74, 6) is 0.686. The second-order valence-electron chi connectivity index (χ2n) is 7.80. The largest absolute Gasteiger partial charge is 0.342 e. The first-order chi connectivity index (χ1) is 12.7. The molecule has 0 spiro atoms. The van der Waals surface area contributed by atoms with Crippen molar-refractivity contribution in [3.05, 3.63) is 29.3 Å². The van der Waals surface area contributed by atoms with Crippen LogP contribution in [0.2, 0.25) is 0 Å². The van der Waals surface area contributed by atoms with Gasteiger partial charge >= 0.3 is 0 Å². The van der Waals surface area contributed by atoms with Crippen molar-refractivity contribution in [3.63, 3.8) is 0 Å². The van der Waals surface area contributed by atoms with Gasteiger partial charge in [0.25, 0.3) is 0 Å². The number of carbonyl (C=O) groups is 2. The number of hydrogen-bond acceptors (Lipinski definition) is 4. The average Bonchev–Trinajstić information content (AvgIpc) is 3.29. The van der Waals surface area contributed by atoms with Crippen molar-refractivity contribution >= 4 is 33.4 Å². The SMILES string of the molecule is O=C(C1CC(=O)N(C2CC2)C1)N1CCC(c2nc3ccccc3s2)CC1. The number of piperidine rings is 1. The minimum atomic E-state index is -0.123. The third-order valence-electron chi connectivity index (χ3n) is 5.96. The fourth-order valence-corrected chi connectivity index (χ4v) is 5.44. The number of likely N-dealkylation sites (tertiary alicyclic amines) is 2. The van der Waals surface area contributed by atoms with Crippen molar-refractivity contribution in [2.24, 2.45) is 5.92 Å². The molecule has 1 atom stereocenters. The van der Waals surface area contributed by atoms with E-state index in [4.69, 9.17) is 4.98 Å². The van der Waals surface area contributed by atoms with Gasteiger partial charge in [0.15, 0.2) is 0 Å². The van der Waals surface area contributed by atoms with E-state index < -0.39 is 0 Å². The van der Waals surface area contributed by atoms with Crippen molar-refractivity contribution in [3.8, 4) is 0 Å². The third kappa shape index (κ3) is 2.90. The fourth-order valence-electron chi connectivity index (χ4n) is 4.31. The van der Waals surface area contributed by atoms with Crippen molar-refractivity contribution in [2.75, 3.05) is 19.6 Å². The zero-order chi connectivity index (χ0) is 17.7. The van der Waals surface area contributed by atoms with Gasteiger partial charge in [-0.3, -0.25) is 9.59 Å². The number of fused-ring (bicyclic) bond motifs is 1. The number of thiazole rings is 1. The van der Waals surface area contributed by atoms with Crippen LogP contribution in [-0.4, -0.2) is 52.3 Å². The summed E-state index contributed by atoms with van der Waals surface area (Å²) in [7, 11) is 0. The summed E-state index contributed by atoms with van der Waals surface area (Å²) in [5, 5.41) is 1.20. The summed E-state index contributed by atoms with van der Waals surface area (Å²) < 4.78 is 1.24. The Labute approximate surface area is 157 Å². The van der Waals surface area contributed by atoms with Gasteiger partial charge in [-0.25, -0.2) is 4.98 Å². The lowest BCUT2D eigenvalue weighted by Crippen LogP contribution is -2.42. The second-order valence-corrected chi connectivity index (χ2v) is 8.86. The predicted octanol–water partition coefficient (Wildman–Crippen LogP) is 3.01. The highest BCUT2D eigenvalue weighted by Gasteiger charge is 2.43. The number of hydrogen-bond donors (Lipinski definition) is 0. The molecule has 2 aromatic rings. The Morgan fingerprint density at radius 3 is 2.62 bits per heavy atom. The van der Waals surface area contributed by atoms with E-state index in [1.807, 2.05) is 15.9 Å². The highest BCUT2D eigenvalue weighted by molar-refractivity contribution is 7.18. The molecular formula is C20H23N3O2S. The minimum Gasteiger partial charge on any atom is -0.342 e. The summed E-state index contributed by atoms with van der Waals surface area (Å²) in [4.78, 5) is 33.7. The molecule has 26 heavy (non-hydrogen) atoms. The molecule has 1 unspecified atom stereocenters. The Morgan fingerprint density at radius 2 is 1.88 bits per heavy atom. The lowest BCUT2D eigenvalue weighted by Gasteiger charge is -2.32. The molecule has 0 radical (unpaired) electrons. The van der Waals surface area contributed by atoms with Crippen LogP contribution in [0.5, 0.6) is 0 Å². The maximum atomic E-state index is 12.9. The third-order valence-corrected chi connectivity index (χ3v) is 7.16. The quantitative estimate of drug-likeness (QED) is 0.836. The monoisotopic (exact) mass is 369 g/mol. The van der Waals surface area contributed by atoms with Gasteiger partial charge in [-0.1, -0.05) is 12.1 Å². The highest BCUT2D eigenvalue weighted by atomic mass is 32.1. The van der Waals surface area contributed by atoms with Crippen molar-refractivity contribution < 1.29 is 9.59 Å². The van der Waals surface area contributed by atoms with Gasteiger partial charge in [0.1, 0.15) is 0 Å². The maximum Gasteiger partial charge on any atom is 0.227 e. The molecule has 6 heteroatoms. The Morgan fingerprint density at radius 1 is 1.12 bits per heavy atom. The first kappa shape index (κ1) is 16.2. The molecular weight excluding hydrogens is 346 g/mol. The predicted molar refractivity (Wildman–Crippen MR) is 101 cm³/mol. The lowest BCUT2D eigenvalue weighted by atomic mass is 9.96. The molecule has 0 bridgehead atoms. The zero-order valence-electron chi connectivity index (χ0n) is 14.8. The molecule has 1 aromatic heterocycles. The van der Waals surface area contributed by atoms with E-state index in [0.29, 0.717) is 24.9 Å². The molecule has 136 valence electrons. The lowest BCUT2D eigenvalue weighted by molar-refractivity contribution is -0.136. The summed E-state index contributed by atoms with van der Waals surface area (Å²) in [6.07, 6.45) is 4.57. The van der Waals surface area contributed by atoms with E-state index in [1.165, 1.54) is 9.71 Å². The topological polar surface area (TPSA) is 53.5 Å². The first-order valence-electron chi connectivity index (χ1n) is 9.63. The van der Waals surface area contributed by atoms with Crippen LogP contribution in [0.4, 0.5) is 0 Å². The molecule has 5 rings (SSSR count). The van der Waals surface area contributed by atoms with Crippen molar-refractivity contribution in [1.29, 1.82) is 0 Å². The Hall–Kier alpha value is -1.95. The van der Waals surface area contributed by atoms with E-state index in [-0.39, 0.29) is 17.7 Å². The van der Waals surface area contributed by atoms with Crippen molar-refractivity contribution in [2.45, 2.75) is 44.1 Å². The Bertz CT molecular complexity index is 819. The minimum absolute atomic E-state index is 0.123. The van der Waals surface area contributed by atoms with E-state index in [1.54, 1.807) is 11.3 Å². The van der Waals surface area contributed by atoms with E-state index in [0.717, 1.165) is 44.3 Å². The Kier molecular flexibility index (Phi) is 3.96. The zero-order valence-corrected chi connectivity index (χ0v) is 15.6. The summed E-state index contributed by atoms with van der Waals surface area (Å²) in [6, 6.07) is 8.69. The van der Waals surface area contributed by atoms with E-state index >= 15 is 0 Å². The number of aromatic nitrogens is 1. The Balaban J connectivity index is 1.21. The number of carbonyl (C=O) groups excluding carboxylic acids is 2. The van der Waals surface area contributed by atoms with E-state index in [2.05, 4.69) is 18.2 Å². The molecule has 3 fully saturated rings. The molecule has 0 N–H and O–H groups in total. The fraction of sp³-hybridized carbons (Fsp3) is 0.550. The van der Waals surface area contributed by atoms with Crippen LogP contribution < -0.4 is 0 Å². The van der Waals surface area contributed by atoms with Gasteiger partial charge in [0.2, 0.25) is 11.8 Å². The molecule has 1 saturated carbocycles. The van der Waals surface area contributed by atoms with Crippen LogP contribution >= 0.6 is 11.3 Å². The van der Waals surface area contributed by atoms with Gasteiger partial charge < -0.3 is 9.80 Å². The van der Waals surface area contributed by atoms with Gasteiger partial charge in [0, 0.05) is 38.0 Å². The molecule has 2 aliphatic heterocycles. The first-order valence-corrected chi connectivity index (χ1v) is 10.4. The number of para-hydroxylation sites is 1. The molecule has 3 aliphatic rings. The van der Waals surface area contributed by atoms with Crippen LogP contribution in [0, 0.1) is 5.92 Å². The highest BCUT2D eigenvalue weighted by Crippen LogP contribution is 2.36. The maximum absolute atomic E-state index is 12.9. The van der Waals surface area contributed by atoms with Crippen LogP contribution in [0.15, 0.2) is 24.3 Å². The normalized spacial score (nSPS) is 24.6. The average molecular weight is 369 g/mol. The van der Waals surface area contributed by atoms with Crippen LogP contribution in [0.3, 0.4) is 0 Å². The molecule has 1 aliphatic carbocycles. The number of rotatable bonds is 3. The molecule has 5 nitrogen and oxygen atoms in total. The number of nitrogens with zero attached hydrogens (tertiary/aromatic N) is 3. The smallest absolute Gasteiger partial charge is 0.227 e. The molecule has 3 heterocycles.